The van der Waals surface area contributed by atoms with Gasteiger partial charge in [-0.2, -0.15) is 5.10 Å². The molecule has 0 aliphatic carbocycles. The number of anilines is 1. The Labute approximate surface area is 95.0 Å². The van der Waals surface area contributed by atoms with E-state index in [9.17, 15) is 4.79 Å². The number of hydrogen-bond donors (Lipinski definition) is 2. The molecule has 1 amide bonds. The van der Waals surface area contributed by atoms with Crippen molar-refractivity contribution < 1.29 is 4.79 Å². The van der Waals surface area contributed by atoms with Crippen molar-refractivity contribution in [1.82, 2.24) is 19.7 Å². The number of halogens is 1. The van der Waals surface area contributed by atoms with Crippen LogP contribution in [0.15, 0.2) is 18.7 Å². The van der Waals surface area contributed by atoms with Crippen molar-refractivity contribution in [1.29, 1.82) is 0 Å². The lowest BCUT2D eigenvalue weighted by Gasteiger charge is -2.03. The number of nitrogens with zero attached hydrogens (tertiary/aromatic N) is 4. The zero-order valence-electron chi connectivity index (χ0n) is 7.96. The summed E-state index contributed by atoms with van der Waals surface area (Å²) in [5.74, 6) is -0.145. The van der Waals surface area contributed by atoms with Crippen LogP contribution in [0, 0.1) is 0 Å². The molecule has 0 bridgehead atoms. The molecule has 2 aromatic rings. The van der Waals surface area contributed by atoms with Crippen LogP contribution >= 0.6 is 11.6 Å². The Morgan fingerprint density at radius 2 is 2.19 bits per heavy atom. The van der Waals surface area contributed by atoms with E-state index < -0.39 is 5.91 Å². The second kappa shape index (κ2) is 3.78. The van der Waals surface area contributed by atoms with Crippen LogP contribution < -0.4 is 11.5 Å². The molecule has 7 nitrogen and oxygen atoms in total. The van der Waals surface area contributed by atoms with Crippen LogP contribution in [0.25, 0.3) is 5.82 Å². The molecule has 0 atom stereocenters. The Bertz CT molecular complexity index is 551. The predicted molar refractivity (Wildman–Crippen MR) is 57.1 cm³/mol. The minimum atomic E-state index is -0.579. The van der Waals surface area contributed by atoms with Crippen molar-refractivity contribution in [2.75, 3.05) is 5.73 Å². The zero-order valence-corrected chi connectivity index (χ0v) is 8.72. The summed E-state index contributed by atoms with van der Waals surface area (Å²) in [4.78, 5) is 18.5. The average molecular weight is 239 g/mol. The molecule has 0 saturated carbocycles. The maximum Gasteiger partial charge on any atom is 0.251 e. The number of nitrogens with two attached hydrogens (primary N) is 2. The van der Waals surface area contributed by atoms with Gasteiger partial charge in [-0.25, -0.2) is 14.6 Å². The summed E-state index contributed by atoms with van der Waals surface area (Å²) >= 11 is 5.89. The van der Waals surface area contributed by atoms with Gasteiger partial charge in [-0.05, 0) is 0 Å². The van der Waals surface area contributed by atoms with Crippen LogP contribution in [0.1, 0.15) is 10.4 Å². The van der Waals surface area contributed by atoms with Gasteiger partial charge in [-0.1, -0.05) is 11.6 Å². The molecule has 0 aliphatic heterocycles. The van der Waals surface area contributed by atoms with E-state index in [2.05, 4.69) is 15.1 Å². The lowest BCUT2D eigenvalue weighted by atomic mass is 10.3. The van der Waals surface area contributed by atoms with Crippen molar-refractivity contribution in [2.45, 2.75) is 0 Å². The van der Waals surface area contributed by atoms with Crippen LogP contribution in [0.4, 0.5) is 5.82 Å². The van der Waals surface area contributed by atoms with Crippen LogP contribution in [0.2, 0.25) is 5.02 Å². The van der Waals surface area contributed by atoms with E-state index in [-0.39, 0.29) is 16.4 Å². The van der Waals surface area contributed by atoms with Gasteiger partial charge in [-0.15, -0.1) is 0 Å². The Balaban J connectivity index is 2.50. The fourth-order valence-electron chi connectivity index (χ4n) is 1.10. The number of nitrogen functional groups attached to an aromatic ring is 1. The fourth-order valence-corrected chi connectivity index (χ4v) is 1.28. The first-order chi connectivity index (χ1) is 7.59. The number of aromatic nitrogens is 4. The number of hydrogen-bond acceptors (Lipinski definition) is 5. The maximum atomic E-state index is 10.9. The van der Waals surface area contributed by atoms with Crippen LogP contribution in [0.3, 0.4) is 0 Å². The van der Waals surface area contributed by atoms with Gasteiger partial charge in [0, 0.05) is 6.20 Å². The summed E-state index contributed by atoms with van der Waals surface area (Å²) in [6.45, 7) is 0. The Hall–Kier alpha value is -2.15. The normalized spacial score (nSPS) is 10.3. The van der Waals surface area contributed by atoms with Gasteiger partial charge in [0.25, 0.3) is 5.91 Å². The summed E-state index contributed by atoms with van der Waals surface area (Å²) in [6.07, 6.45) is 3.98. The van der Waals surface area contributed by atoms with Crippen molar-refractivity contribution >= 4 is 23.3 Å². The molecule has 2 rings (SSSR count). The van der Waals surface area contributed by atoms with Crippen molar-refractivity contribution in [3.63, 3.8) is 0 Å². The average Bonchev–Trinajstić information content (AvgIpc) is 2.71. The number of carbonyl (C=O) groups is 1. The first kappa shape index (κ1) is 10.4. The van der Waals surface area contributed by atoms with E-state index in [0.29, 0.717) is 5.82 Å². The third-order valence-electron chi connectivity index (χ3n) is 1.88. The fraction of sp³-hybridized carbons (Fsp3) is 0. The van der Waals surface area contributed by atoms with Gasteiger partial charge < -0.3 is 11.5 Å². The molecule has 8 heteroatoms. The summed E-state index contributed by atoms with van der Waals surface area (Å²) in [7, 11) is 0. The quantitative estimate of drug-likeness (QED) is 0.764. The second-order valence-corrected chi connectivity index (χ2v) is 3.31. The van der Waals surface area contributed by atoms with Gasteiger partial charge in [0.2, 0.25) is 0 Å². The number of primary amides is 1. The molecular formula is C8H7ClN6O. The van der Waals surface area contributed by atoms with Gasteiger partial charge in [0.05, 0.1) is 11.8 Å². The SMILES string of the molecule is NC(=O)c1cnn(-c2ncnc(N)c2Cl)c1. The van der Waals surface area contributed by atoms with E-state index in [1.165, 1.54) is 23.4 Å². The summed E-state index contributed by atoms with van der Waals surface area (Å²) in [5, 5.41) is 4.06. The first-order valence-corrected chi connectivity index (χ1v) is 4.58. The highest BCUT2D eigenvalue weighted by Crippen LogP contribution is 2.21. The molecule has 16 heavy (non-hydrogen) atoms. The van der Waals surface area contributed by atoms with Crippen LogP contribution in [0.5, 0.6) is 0 Å². The van der Waals surface area contributed by atoms with Crippen molar-refractivity contribution in [3.05, 3.63) is 29.3 Å². The highest BCUT2D eigenvalue weighted by molar-refractivity contribution is 6.34. The van der Waals surface area contributed by atoms with Gasteiger partial charge in [-0.3, -0.25) is 4.79 Å². The molecule has 0 spiro atoms. The van der Waals surface area contributed by atoms with Crippen LogP contribution in [-0.4, -0.2) is 25.7 Å². The topological polar surface area (TPSA) is 113 Å². The summed E-state index contributed by atoms with van der Waals surface area (Å²) < 4.78 is 1.31. The Kier molecular flexibility index (Phi) is 2.45. The molecule has 2 heterocycles. The molecule has 0 radical (unpaired) electrons. The molecule has 4 N–H and O–H groups in total. The summed E-state index contributed by atoms with van der Waals surface area (Å²) in [5.41, 5.74) is 10.9. The smallest absolute Gasteiger partial charge is 0.251 e. The molecule has 0 unspecified atom stereocenters. The Morgan fingerprint density at radius 3 is 2.81 bits per heavy atom. The number of rotatable bonds is 2. The minimum Gasteiger partial charge on any atom is -0.382 e. The molecule has 0 saturated heterocycles. The van der Waals surface area contributed by atoms with E-state index >= 15 is 0 Å². The van der Waals surface area contributed by atoms with E-state index in [1.54, 1.807) is 0 Å². The van der Waals surface area contributed by atoms with Gasteiger partial charge >= 0.3 is 0 Å². The van der Waals surface area contributed by atoms with E-state index in [1.807, 2.05) is 0 Å². The third-order valence-corrected chi connectivity index (χ3v) is 2.24. The number of carbonyl (C=O) groups excluding carboxylic acids is 1. The zero-order chi connectivity index (χ0) is 11.7. The molecular weight excluding hydrogens is 232 g/mol. The van der Waals surface area contributed by atoms with Gasteiger partial charge in [0.15, 0.2) is 5.82 Å². The lowest BCUT2D eigenvalue weighted by Crippen LogP contribution is -2.09. The lowest BCUT2D eigenvalue weighted by molar-refractivity contribution is 0.100. The molecule has 0 aromatic carbocycles. The van der Waals surface area contributed by atoms with Crippen molar-refractivity contribution in [3.8, 4) is 5.82 Å². The standard InChI is InChI=1S/C8H7ClN6O/c9-5-6(10)12-3-13-8(5)15-2-4(1-14-15)7(11)16/h1-3H,(H2,11,16)(H2,10,12,13). The monoisotopic (exact) mass is 238 g/mol. The molecule has 2 aromatic heterocycles. The van der Waals surface area contributed by atoms with E-state index in [4.69, 9.17) is 23.1 Å². The molecule has 0 aliphatic rings. The number of amides is 1. The second-order valence-electron chi connectivity index (χ2n) is 2.93. The minimum absolute atomic E-state index is 0.141. The molecule has 82 valence electrons. The predicted octanol–water partition coefficient (Wildman–Crippen LogP) is -0.00320. The van der Waals surface area contributed by atoms with Gasteiger partial charge in [0.1, 0.15) is 17.2 Å². The summed E-state index contributed by atoms with van der Waals surface area (Å²) in [6, 6.07) is 0. The largest absolute Gasteiger partial charge is 0.382 e. The Morgan fingerprint density at radius 1 is 1.44 bits per heavy atom. The highest BCUT2D eigenvalue weighted by atomic mass is 35.5. The third kappa shape index (κ3) is 1.68. The van der Waals surface area contributed by atoms with Crippen molar-refractivity contribution in [2.24, 2.45) is 5.73 Å². The first-order valence-electron chi connectivity index (χ1n) is 4.20. The van der Waals surface area contributed by atoms with Crippen LogP contribution in [-0.2, 0) is 0 Å². The molecule has 0 fully saturated rings. The maximum absolute atomic E-state index is 10.9. The highest BCUT2D eigenvalue weighted by Gasteiger charge is 2.11. The van der Waals surface area contributed by atoms with E-state index in [0.717, 1.165) is 0 Å².